The third-order valence-corrected chi connectivity index (χ3v) is 5.46. The van der Waals surface area contributed by atoms with E-state index in [1.54, 1.807) is 30.2 Å². The highest BCUT2D eigenvalue weighted by molar-refractivity contribution is 5.95. The number of hydrogen-bond acceptors (Lipinski definition) is 6. The van der Waals surface area contributed by atoms with Crippen molar-refractivity contribution < 1.29 is 14.3 Å². The van der Waals surface area contributed by atoms with Crippen LogP contribution in [0.1, 0.15) is 28.9 Å². The van der Waals surface area contributed by atoms with Gasteiger partial charge in [0, 0.05) is 32.1 Å². The minimum Gasteiger partial charge on any atom is -0.347 e. The zero-order chi connectivity index (χ0) is 19.3. The van der Waals surface area contributed by atoms with Crippen LogP contribution in [0.15, 0.2) is 29.3 Å². The van der Waals surface area contributed by atoms with Crippen LogP contribution in [0.2, 0.25) is 0 Å². The molecule has 1 N–H and O–H groups in total. The summed E-state index contributed by atoms with van der Waals surface area (Å²) in [5.74, 6) is -0.359. The number of aromatic amines is 1. The number of hydrogen-bond donors (Lipinski definition) is 1. The fraction of sp³-hybridized carbons (Fsp3) is 0.444. The molecule has 0 aromatic carbocycles. The predicted molar refractivity (Wildman–Crippen MR) is 97.4 cm³/mol. The van der Waals surface area contributed by atoms with Crippen LogP contribution >= 0.6 is 0 Å². The molecule has 1 amide bonds. The lowest BCUT2D eigenvalue weighted by molar-refractivity contribution is -0.181. The van der Waals surface area contributed by atoms with Gasteiger partial charge in [0.2, 0.25) is 5.95 Å². The molecule has 3 aromatic rings. The quantitative estimate of drug-likeness (QED) is 0.689. The first kappa shape index (κ1) is 17.1. The lowest BCUT2D eigenvalue weighted by atomic mass is 10.0. The summed E-state index contributed by atoms with van der Waals surface area (Å²) in [6, 6.07) is 3.43. The highest BCUT2D eigenvalue weighted by Gasteiger charge is 2.41. The van der Waals surface area contributed by atoms with Crippen LogP contribution in [0.4, 0.5) is 0 Å². The zero-order valence-electron chi connectivity index (χ0n) is 15.4. The van der Waals surface area contributed by atoms with E-state index in [2.05, 4.69) is 15.2 Å². The molecule has 2 saturated heterocycles. The van der Waals surface area contributed by atoms with Gasteiger partial charge in [0.1, 0.15) is 5.52 Å². The van der Waals surface area contributed by atoms with E-state index in [1.165, 1.54) is 15.4 Å². The van der Waals surface area contributed by atoms with E-state index >= 15 is 0 Å². The number of carbonyl (C=O) groups is 1. The summed E-state index contributed by atoms with van der Waals surface area (Å²) in [6.07, 6.45) is 4.52. The Kier molecular flexibility index (Phi) is 3.84. The van der Waals surface area contributed by atoms with Crippen LogP contribution in [-0.2, 0) is 9.47 Å². The maximum atomic E-state index is 13.0. The number of fused-ring (bicyclic) bond motifs is 1. The number of amides is 1. The number of aromatic nitrogens is 5. The van der Waals surface area contributed by atoms with E-state index in [1.807, 2.05) is 0 Å². The van der Waals surface area contributed by atoms with Gasteiger partial charge in [-0.3, -0.25) is 14.6 Å². The normalized spacial score (nSPS) is 19.0. The topological polar surface area (TPSA) is 107 Å². The molecule has 2 fully saturated rings. The number of likely N-dealkylation sites (tertiary alicyclic amines) is 1. The molecule has 0 unspecified atom stereocenters. The Morgan fingerprint density at radius 1 is 1.25 bits per heavy atom. The Labute approximate surface area is 159 Å². The van der Waals surface area contributed by atoms with Gasteiger partial charge in [-0.25, -0.2) is 9.20 Å². The predicted octanol–water partition coefficient (Wildman–Crippen LogP) is 0.496. The molecule has 10 nitrogen and oxygen atoms in total. The minimum atomic E-state index is -0.522. The van der Waals surface area contributed by atoms with E-state index in [0.717, 1.165) is 0 Å². The summed E-state index contributed by atoms with van der Waals surface area (Å²) >= 11 is 0. The lowest BCUT2D eigenvalue weighted by Gasteiger charge is -2.37. The van der Waals surface area contributed by atoms with E-state index in [-0.39, 0.29) is 17.4 Å². The number of ether oxygens (including phenoxy) is 2. The van der Waals surface area contributed by atoms with Crippen LogP contribution in [0.3, 0.4) is 0 Å². The summed E-state index contributed by atoms with van der Waals surface area (Å²) in [5, 5.41) is 8.64. The van der Waals surface area contributed by atoms with Gasteiger partial charge in [0.25, 0.3) is 11.5 Å². The van der Waals surface area contributed by atoms with Gasteiger partial charge >= 0.3 is 0 Å². The molecule has 2 aliphatic heterocycles. The van der Waals surface area contributed by atoms with Crippen molar-refractivity contribution in [2.45, 2.75) is 25.6 Å². The van der Waals surface area contributed by atoms with Crippen molar-refractivity contribution in [3.63, 3.8) is 0 Å². The van der Waals surface area contributed by atoms with Crippen LogP contribution in [0.25, 0.3) is 11.5 Å². The van der Waals surface area contributed by atoms with Crippen LogP contribution in [0, 0.1) is 6.92 Å². The molecular formula is C18H20N6O4. The van der Waals surface area contributed by atoms with Crippen LogP contribution in [0.5, 0.6) is 0 Å². The van der Waals surface area contributed by atoms with Crippen molar-refractivity contribution >= 4 is 11.4 Å². The molecule has 10 heteroatoms. The van der Waals surface area contributed by atoms with Gasteiger partial charge in [0.15, 0.2) is 5.79 Å². The molecule has 0 radical (unpaired) electrons. The Morgan fingerprint density at radius 3 is 2.75 bits per heavy atom. The summed E-state index contributed by atoms with van der Waals surface area (Å²) in [6.45, 7) is 4.13. The van der Waals surface area contributed by atoms with Crippen molar-refractivity contribution in [2.75, 3.05) is 26.3 Å². The first-order valence-corrected chi connectivity index (χ1v) is 9.26. The van der Waals surface area contributed by atoms with E-state index in [4.69, 9.17) is 9.47 Å². The SMILES string of the molecule is Cc1c(C(=O)N2CCC3(CC2)OCCO3)cnn1-c1nn2cccc2c(=O)[nH]1. The van der Waals surface area contributed by atoms with E-state index < -0.39 is 5.79 Å². The average Bonchev–Trinajstić information content (AvgIpc) is 3.42. The molecule has 0 aliphatic carbocycles. The first-order valence-electron chi connectivity index (χ1n) is 9.26. The number of nitrogens with one attached hydrogen (secondary N) is 1. The second-order valence-corrected chi connectivity index (χ2v) is 7.07. The molecule has 5 heterocycles. The Hall–Kier alpha value is -2.98. The Balaban J connectivity index is 1.40. The van der Waals surface area contributed by atoms with Gasteiger partial charge in [-0.05, 0) is 19.1 Å². The second-order valence-electron chi connectivity index (χ2n) is 7.07. The van der Waals surface area contributed by atoms with Crippen LogP contribution < -0.4 is 5.56 Å². The largest absolute Gasteiger partial charge is 0.347 e. The molecular weight excluding hydrogens is 364 g/mol. The van der Waals surface area contributed by atoms with Crippen molar-refractivity contribution in [1.29, 1.82) is 0 Å². The zero-order valence-corrected chi connectivity index (χ0v) is 15.4. The van der Waals surface area contributed by atoms with Crippen LogP contribution in [-0.4, -0.2) is 67.3 Å². The maximum absolute atomic E-state index is 13.0. The molecule has 2 aliphatic rings. The number of carbonyl (C=O) groups excluding carboxylic acids is 1. The number of piperidine rings is 1. The third kappa shape index (κ3) is 2.64. The molecule has 0 saturated carbocycles. The highest BCUT2D eigenvalue weighted by Crippen LogP contribution is 2.32. The summed E-state index contributed by atoms with van der Waals surface area (Å²) in [7, 11) is 0. The standard InChI is InChI=1S/C18H20N6O4/c1-12-13(16(26)22-7-4-18(5-8-22)27-9-10-28-18)11-19-24(12)17-20-15(25)14-3-2-6-23(14)21-17/h2-3,6,11H,4-5,7-10H2,1H3,(H,20,21,25). The van der Waals surface area contributed by atoms with Gasteiger partial charge in [-0.1, -0.05) is 0 Å². The van der Waals surface area contributed by atoms with Crippen molar-refractivity contribution in [2.24, 2.45) is 0 Å². The molecule has 5 rings (SSSR count). The molecule has 0 atom stereocenters. The number of H-pyrrole nitrogens is 1. The smallest absolute Gasteiger partial charge is 0.276 e. The van der Waals surface area contributed by atoms with Gasteiger partial charge in [-0.2, -0.15) is 5.10 Å². The number of nitrogens with zero attached hydrogens (tertiary/aromatic N) is 5. The molecule has 3 aromatic heterocycles. The average molecular weight is 384 g/mol. The minimum absolute atomic E-state index is 0.0963. The maximum Gasteiger partial charge on any atom is 0.276 e. The summed E-state index contributed by atoms with van der Waals surface area (Å²) in [5.41, 5.74) is 1.28. The van der Waals surface area contributed by atoms with E-state index in [0.29, 0.717) is 55.9 Å². The van der Waals surface area contributed by atoms with Gasteiger partial charge in [0.05, 0.1) is 30.7 Å². The molecule has 28 heavy (non-hydrogen) atoms. The Bertz CT molecular complexity index is 1100. The number of rotatable bonds is 2. The molecule has 146 valence electrons. The summed E-state index contributed by atoms with van der Waals surface area (Å²) in [4.78, 5) is 29.7. The fourth-order valence-electron chi connectivity index (χ4n) is 3.87. The molecule has 1 spiro atoms. The Morgan fingerprint density at radius 2 is 2.00 bits per heavy atom. The molecule has 0 bridgehead atoms. The van der Waals surface area contributed by atoms with Gasteiger partial charge in [-0.15, -0.1) is 5.10 Å². The second kappa shape index (κ2) is 6.28. The van der Waals surface area contributed by atoms with Crippen molar-refractivity contribution in [3.8, 4) is 5.95 Å². The first-order chi connectivity index (χ1) is 13.6. The monoisotopic (exact) mass is 384 g/mol. The van der Waals surface area contributed by atoms with E-state index in [9.17, 15) is 9.59 Å². The lowest BCUT2D eigenvalue weighted by Crippen LogP contribution is -2.47. The highest BCUT2D eigenvalue weighted by atomic mass is 16.7. The fourth-order valence-corrected chi connectivity index (χ4v) is 3.87. The summed E-state index contributed by atoms with van der Waals surface area (Å²) < 4.78 is 14.4. The third-order valence-electron chi connectivity index (χ3n) is 5.46. The van der Waals surface area contributed by atoms with Crippen molar-refractivity contribution in [3.05, 3.63) is 46.1 Å². The van der Waals surface area contributed by atoms with Gasteiger partial charge < -0.3 is 14.4 Å². The van der Waals surface area contributed by atoms with Crippen molar-refractivity contribution in [1.82, 2.24) is 29.3 Å².